The second-order valence-electron chi connectivity index (χ2n) is 4.82. The zero-order valence-corrected chi connectivity index (χ0v) is 12.2. The van der Waals surface area contributed by atoms with E-state index in [2.05, 4.69) is 29.4 Å². The minimum absolute atomic E-state index is 0.186. The molecule has 0 fully saturated rings. The Hall–Kier alpha value is -1.33. The van der Waals surface area contributed by atoms with E-state index in [1.807, 2.05) is 6.07 Å². The van der Waals surface area contributed by atoms with Gasteiger partial charge in [0, 0.05) is 24.6 Å². The third-order valence-electron chi connectivity index (χ3n) is 2.76. The summed E-state index contributed by atoms with van der Waals surface area (Å²) in [6.07, 6.45) is 0.871. The first-order valence-electron chi connectivity index (χ1n) is 6.38. The molecule has 0 aliphatic rings. The second kappa shape index (κ2) is 6.21. The van der Waals surface area contributed by atoms with E-state index in [-0.39, 0.29) is 5.82 Å². The minimum atomic E-state index is -0.186. The molecule has 0 unspecified atom stereocenters. The first-order chi connectivity index (χ1) is 9.06. The Morgan fingerprint density at radius 3 is 2.79 bits per heavy atom. The van der Waals surface area contributed by atoms with Gasteiger partial charge in [0.25, 0.3) is 0 Å². The molecule has 0 spiro atoms. The highest BCUT2D eigenvalue weighted by atomic mass is 32.1. The molecule has 19 heavy (non-hydrogen) atoms. The van der Waals surface area contributed by atoms with E-state index in [4.69, 9.17) is 0 Å². The number of rotatable bonds is 5. The molecular weight excluding hydrogens is 261 g/mol. The molecule has 1 aromatic carbocycles. The first-order valence-corrected chi connectivity index (χ1v) is 7.20. The molecular formula is C14H18FN3S. The van der Waals surface area contributed by atoms with Crippen molar-refractivity contribution in [3.05, 3.63) is 34.6 Å². The number of benzene rings is 1. The summed E-state index contributed by atoms with van der Waals surface area (Å²) in [6.45, 7) is 6.89. The van der Waals surface area contributed by atoms with Crippen molar-refractivity contribution in [3.8, 4) is 10.6 Å². The fraction of sp³-hybridized carbons (Fsp3) is 0.429. The molecule has 1 heterocycles. The van der Waals surface area contributed by atoms with Crippen molar-refractivity contribution in [1.29, 1.82) is 0 Å². The third kappa shape index (κ3) is 3.81. The zero-order valence-electron chi connectivity index (χ0n) is 11.4. The first kappa shape index (κ1) is 14.1. The highest BCUT2D eigenvalue weighted by Crippen LogP contribution is 2.25. The minimum Gasteiger partial charge on any atom is -0.314 e. The van der Waals surface area contributed by atoms with Crippen molar-refractivity contribution in [3.63, 3.8) is 0 Å². The maximum atomic E-state index is 13.2. The number of nitrogens with zero attached hydrogens (tertiary/aromatic N) is 2. The third-order valence-corrected chi connectivity index (χ3v) is 3.80. The van der Waals surface area contributed by atoms with E-state index in [9.17, 15) is 4.39 Å². The van der Waals surface area contributed by atoms with Crippen molar-refractivity contribution >= 4 is 11.3 Å². The number of hydrogen-bond donors (Lipinski definition) is 1. The van der Waals surface area contributed by atoms with Crippen LogP contribution in [0.15, 0.2) is 18.2 Å². The van der Waals surface area contributed by atoms with Gasteiger partial charge in [-0.1, -0.05) is 25.2 Å². The molecule has 1 aromatic heterocycles. The lowest BCUT2D eigenvalue weighted by Crippen LogP contribution is -2.24. The van der Waals surface area contributed by atoms with Crippen molar-refractivity contribution in [2.24, 2.45) is 0 Å². The Bertz CT molecular complexity index is 551. The highest BCUT2D eigenvalue weighted by molar-refractivity contribution is 7.14. The van der Waals surface area contributed by atoms with Gasteiger partial charge < -0.3 is 5.32 Å². The Balaban J connectivity index is 2.05. The summed E-state index contributed by atoms with van der Waals surface area (Å²) in [5.74, 6) is -0.186. The van der Waals surface area contributed by atoms with E-state index in [0.717, 1.165) is 28.5 Å². The number of hydrogen-bond acceptors (Lipinski definition) is 4. The molecule has 0 aliphatic carbocycles. The molecule has 0 saturated heterocycles. The predicted molar refractivity (Wildman–Crippen MR) is 76.9 cm³/mol. The Labute approximate surface area is 116 Å². The van der Waals surface area contributed by atoms with Gasteiger partial charge in [0.05, 0.1) is 0 Å². The summed E-state index contributed by atoms with van der Waals surface area (Å²) in [5, 5.41) is 13.6. The lowest BCUT2D eigenvalue weighted by atomic mass is 10.1. The number of aromatic nitrogens is 2. The summed E-state index contributed by atoms with van der Waals surface area (Å²) in [6, 6.07) is 5.52. The van der Waals surface area contributed by atoms with Gasteiger partial charge in [-0.3, -0.25) is 0 Å². The van der Waals surface area contributed by atoms with Crippen LogP contribution in [0.25, 0.3) is 10.6 Å². The lowest BCUT2D eigenvalue weighted by Gasteiger charge is -2.05. The molecule has 3 nitrogen and oxygen atoms in total. The number of nitrogens with one attached hydrogen (secondary N) is 1. The van der Waals surface area contributed by atoms with Crippen molar-refractivity contribution in [2.75, 3.05) is 6.54 Å². The zero-order chi connectivity index (χ0) is 13.8. The van der Waals surface area contributed by atoms with Gasteiger partial charge in [0.2, 0.25) is 0 Å². The standard InChI is InChI=1S/C14H18FN3S/c1-9(2)16-7-6-13-17-18-14(19-13)11-4-5-12(15)10(3)8-11/h4-5,8-9,16H,6-7H2,1-3H3. The van der Waals surface area contributed by atoms with Gasteiger partial charge in [0.1, 0.15) is 15.8 Å². The number of halogens is 1. The maximum Gasteiger partial charge on any atom is 0.147 e. The Kier molecular flexibility index (Phi) is 4.61. The largest absolute Gasteiger partial charge is 0.314 e. The molecule has 2 aromatic rings. The summed E-state index contributed by atoms with van der Waals surface area (Å²) >= 11 is 1.57. The number of aryl methyl sites for hydroxylation is 1. The molecule has 0 aliphatic heterocycles. The molecule has 0 atom stereocenters. The average Bonchev–Trinajstić information content (AvgIpc) is 2.81. The van der Waals surface area contributed by atoms with Gasteiger partial charge >= 0.3 is 0 Å². The van der Waals surface area contributed by atoms with Crippen molar-refractivity contribution < 1.29 is 4.39 Å². The van der Waals surface area contributed by atoms with Crippen LogP contribution in [0.3, 0.4) is 0 Å². The quantitative estimate of drug-likeness (QED) is 0.913. The van der Waals surface area contributed by atoms with Gasteiger partial charge in [-0.05, 0) is 30.7 Å². The van der Waals surface area contributed by atoms with Crippen LogP contribution in [-0.4, -0.2) is 22.8 Å². The smallest absolute Gasteiger partial charge is 0.147 e. The molecule has 1 N–H and O–H groups in total. The fourth-order valence-corrected chi connectivity index (χ4v) is 2.55. The van der Waals surface area contributed by atoms with Crippen LogP contribution < -0.4 is 5.32 Å². The average molecular weight is 279 g/mol. The molecule has 2 rings (SSSR count). The highest BCUT2D eigenvalue weighted by Gasteiger charge is 2.08. The van der Waals surface area contributed by atoms with Crippen LogP contribution in [0.4, 0.5) is 4.39 Å². The second-order valence-corrected chi connectivity index (χ2v) is 5.89. The van der Waals surface area contributed by atoms with Gasteiger partial charge in [-0.15, -0.1) is 10.2 Å². The molecule has 0 bridgehead atoms. The van der Waals surface area contributed by atoms with Crippen LogP contribution in [0, 0.1) is 12.7 Å². The van der Waals surface area contributed by atoms with Crippen LogP contribution in [0.5, 0.6) is 0 Å². The molecule has 0 saturated carbocycles. The monoisotopic (exact) mass is 279 g/mol. The summed E-state index contributed by atoms with van der Waals surface area (Å²) in [7, 11) is 0. The van der Waals surface area contributed by atoms with E-state index in [0.29, 0.717) is 11.6 Å². The van der Waals surface area contributed by atoms with Gasteiger partial charge in [-0.25, -0.2) is 4.39 Å². The summed E-state index contributed by atoms with van der Waals surface area (Å²) in [4.78, 5) is 0. The van der Waals surface area contributed by atoms with Gasteiger partial charge in [-0.2, -0.15) is 0 Å². The molecule has 102 valence electrons. The van der Waals surface area contributed by atoms with Crippen LogP contribution in [-0.2, 0) is 6.42 Å². The van der Waals surface area contributed by atoms with Crippen molar-refractivity contribution in [2.45, 2.75) is 33.2 Å². The Morgan fingerprint density at radius 1 is 1.32 bits per heavy atom. The van der Waals surface area contributed by atoms with E-state index in [1.165, 1.54) is 6.07 Å². The van der Waals surface area contributed by atoms with Gasteiger partial charge in [0.15, 0.2) is 0 Å². The molecule has 5 heteroatoms. The molecule has 0 amide bonds. The fourth-order valence-electron chi connectivity index (χ4n) is 1.72. The Morgan fingerprint density at radius 2 is 2.11 bits per heavy atom. The summed E-state index contributed by atoms with van der Waals surface area (Å²) < 4.78 is 13.2. The SMILES string of the molecule is Cc1cc(-c2nnc(CCNC(C)C)s2)ccc1F. The summed E-state index contributed by atoms with van der Waals surface area (Å²) in [5.41, 5.74) is 1.56. The van der Waals surface area contributed by atoms with E-state index in [1.54, 1.807) is 24.3 Å². The lowest BCUT2D eigenvalue weighted by molar-refractivity contribution is 0.588. The van der Waals surface area contributed by atoms with Crippen LogP contribution >= 0.6 is 11.3 Å². The van der Waals surface area contributed by atoms with Crippen LogP contribution in [0.1, 0.15) is 24.4 Å². The molecule has 0 radical (unpaired) electrons. The predicted octanol–water partition coefficient (Wildman–Crippen LogP) is 3.19. The normalized spacial score (nSPS) is 11.2. The van der Waals surface area contributed by atoms with E-state index < -0.39 is 0 Å². The van der Waals surface area contributed by atoms with Crippen LogP contribution in [0.2, 0.25) is 0 Å². The topological polar surface area (TPSA) is 37.8 Å². The van der Waals surface area contributed by atoms with E-state index >= 15 is 0 Å². The maximum absolute atomic E-state index is 13.2. The van der Waals surface area contributed by atoms with Crippen molar-refractivity contribution in [1.82, 2.24) is 15.5 Å².